The maximum absolute atomic E-state index is 11.1. The monoisotopic (exact) mass is 490 g/mol. The van der Waals surface area contributed by atoms with Gasteiger partial charge in [0.1, 0.15) is 18.1 Å². The predicted molar refractivity (Wildman–Crippen MR) is 158 cm³/mol. The second-order valence-electron chi connectivity index (χ2n) is 9.85. The van der Waals surface area contributed by atoms with Crippen molar-refractivity contribution in [2.24, 2.45) is 0 Å². The number of phenolic OH excluding ortho intramolecular Hbond substituents is 1. The molecule has 7 aromatic carbocycles. The van der Waals surface area contributed by atoms with Crippen LogP contribution in [0.1, 0.15) is 16.7 Å². The van der Waals surface area contributed by atoms with Gasteiger partial charge in [0.25, 0.3) is 0 Å². The smallest absolute Gasteiger partial charge is 0.123 e. The quantitative estimate of drug-likeness (QED) is 0.244. The molecule has 0 unspecified atom stereocenters. The topological polar surface area (TPSA) is 29.5 Å². The Morgan fingerprint density at radius 2 is 0.921 bits per heavy atom. The van der Waals surface area contributed by atoms with Gasteiger partial charge in [-0.05, 0) is 72.4 Å². The second-order valence-corrected chi connectivity index (χ2v) is 9.85. The maximum Gasteiger partial charge on any atom is 0.123 e. The minimum atomic E-state index is 0.252. The summed E-state index contributed by atoms with van der Waals surface area (Å²) in [6.45, 7) is 0.425. The normalized spacial score (nSPS) is 11.5. The number of ether oxygens (including phenoxy) is 1. The van der Waals surface area contributed by atoms with E-state index in [9.17, 15) is 5.11 Å². The Bertz CT molecular complexity index is 1860. The lowest BCUT2D eigenvalue weighted by atomic mass is 9.92. The molecular formula is C36H26O2. The highest BCUT2D eigenvalue weighted by Crippen LogP contribution is 2.34. The van der Waals surface area contributed by atoms with Gasteiger partial charge in [-0.1, -0.05) is 103 Å². The molecule has 0 aliphatic heterocycles. The Morgan fingerprint density at radius 3 is 1.39 bits per heavy atom. The van der Waals surface area contributed by atoms with Crippen LogP contribution in [0, 0.1) is 0 Å². The Hall–Kier alpha value is -4.82. The van der Waals surface area contributed by atoms with Gasteiger partial charge >= 0.3 is 0 Å². The van der Waals surface area contributed by atoms with Gasteiger partial charge in [-0.15, -0.1) is 0 Å². The zero-order valence-electron chi connectivity index (χ0n) is 20.9. The van der Waals surface area contributed by atoms with Crippen LogP contribution in [0.5, 0.6) is 11.5 Å². The molecule has 182 valence electrons. The van der Waals surface area contributed by atoms with Crippen molar-refractivity contribution < 1.29 is 9.84 Å². The van der Waals surface area contributed by atoms with Crippen LogP contribution >= 0.6 is 0 Å². The predicted octanol–water partition coefficient (Wildman–Crippen LogP) is 9.17. The molecule has 0 aliphatic rings. The van der Waals surface area contributed by atoms with Crippen molar-refractivity contribution >= 4 is 43.1 Å². The number of benzene rings is 7. The van der Waals surface area contributed by atoms with Gasteiger partial charge in [-0.3, -0.25) is 0 Å². The van der Waals surface area contributed by atoms with E-state index in [4.69, 9.17) is 4.74 Å². The third-order valence-corrected chi connectivity index (χ3v) is 7.57. The number of hydrogen-bond donors (Lipinski definition) is 1. The third kappa shape index (κ3) is 3.91. The molecule has 0 heterocycles. The zero-order valence-corrected chi connectivity index (χ0v) is 20.9. The van der Waals surface area contributed by atoms with E-state index in [0.717, 1.165) is 11.1 Å². The summed E-state index contributed by atoms with van der Waals surface area (Å²) in [6, 6.07) is 44.0. The van der Waals surface area contributed by atoms with Crippen LogP contribution in [0.3, 0.4) is 0 Å². The first-order chi connectivity index (χ1) is 18.7. The summed E-state index contributed by atoms with van der Waals surface area (Å²) in [5, 5.41) is 20.7. The highest BCUT2D eigenvalue weighted by molar-refractivity contribution is 6.03. The van der Waals surface area contributed by atoms with Crippen molar-refractivity contribution in [3.05, 3.63) is 144 Å². The van der Waals surface area contributed by atoms with Gasteiger partial charge in [-0.25, -0.2) is 0 Å². The van der Waals surface area contributed by atoms with Gasteiger partial charge in [0.2, 0.25) is 0 Å². The molecule has 0 bridgehead atoms. The van der Waals surface area contributed by atoms with E-state index >= 15 is 0 Å². The third-order valence-electron chi connectivity index (χ3n) is 7.57. The van der Waals surface area contributed by atoms with E-state index in [1.165, 1.54) is 48.7 Å². The van der Waals surface area contributed by atoms with Crippen LogP contribution in [0.2, 0.25) is 0 Å². The number of fused-ring (bicyclic) bond motifs is 4. The molecule has 7 aromatic rings. The summed E-state index contributed by atoms with van der Waals surface area (Å²) in [5.74, 6) is 0.910. The lowest BCUT2D eigenvalue weighted by Crippen LogP contribution is -1.99. The minimum absolute atomic E-state index is 0.252. The van der Waals surface area contributed by atoms with E-state index in [2.05, 4.69) is 109 Å². The molecule has 0 fully saturated rings. The summed E-state index contributed by atoms with van der Waals surface area (Å²) in [7, 11) is 0. The molecule has 2 nitrogen and oxygen atoms in total. The summed E-state index contributed by atoms with van der Waals surface area (Å²) in [4.78, 5) is 0. The molecule has 7 rings (SSSR count). The minimum Gasteiger partial charge on any atom is -0.508 e. The van der Waals surface area contributed by atoms with E-state index < -0.39 is 0 Å². The Kier molecular flexibility index (Phi) is 5.44. The summed E-state index contributed by atoms with van der Waals surface area (Å²) >= 11 is 0. The van der Waals surface area contributed by atoms with Crippen molar-refractivity contribution in [1.29, 1.82) is 0 Å². The molecule has 0 saturated heterocycles. The van der Waals surface area contributed by atoms with Gasteiger partial charge in [0.05, 0.1) is 0 Å². The maximum atomic E-state index is 11.1. The van der Waals surface area contributed by atoms with Crippen LogP contribution < -0.4 is 4.74 Å². The number of aromatic hydroxyl groups is 1. The fourth-order valence-corrected chi connectivity index (χ4v) is 5.69. The van der Waals surface area contributed by atoms with Crippen molar-refractivity contribution in [3.63, 3.8) is 0 Å². The Balaban J connectivity index is 1.22. The fraction of sp³-hybridized carbons (Fsp3) is 0.0556. The van der Waals surface area contributed by atoms with Crippen LogP contribution in [-0.2, 0) is 13.0 Å². The molecule has 0 atom stereocenters. The van der Waals surface area contributed by atoms with Crippen LogP contribution in [0.15, 0.2) is 127 Å². The van der Waals surface area contributed by atoms with Gasteiger partial charge in [-0.2, -0.15) is 0 Å². The van der Waals surface area contributed by atoms with Gasteiger partial charge in [0.15, 0.2) is 0 Å². The average molecular weight is 491 g/mol. The lowest BCUT2D eigenvalue weighted by Gasteiger charge is -2.15. The molecule has 1 N–H and O–H groups in total. The van der Waals surface area contributed by atoms with Gasteiger partial charge < -0.3 is 9.84 Å². The van der Waals surface area contributed by atoms with E-state index in [1.807, 2.05) is 12.1 Å². The largest absolute Gasteiger partial charge is 0.508 e. The number of hydrogen-bond acceptors (Lipinski definition) is 2. The lowest BCUT2D eigenvalue weighted by molar-refractivity contribution is 0.307. The summed E-state index contributed by atoms with van der Waals surface area (Å²) in [5.41, 5.74) is 3.27. The standard InChI is InChI=1S/C36H26O2/c37-36-22-29(38-23-35-32-15-7-3-11-26(32)20-27-12-4-8-16-33(27)35)18-17-28(36)21-34-30-13-5-1-9-24(30)19-25-10-2-6-14-31(25)34/h1-20,22,37H,21,23H2. The second kappa shape index (κ2) is 9.24. The molecule has 0 saturated carbocycles. The molecule has 38 heavy (non-hydrogen) atoms. The van der Waals surface area contributed by atoms with Crippen LogP contribution in [0.4, 0.5) is 0 Å². The van der Waals surface area contributed by atoms with Crippen LogP contribution in [0.25, 0.3) is 43.1 Å². The van der Waals surface area contributed by atoms with Crippen molar-refractivity contribution in [2.75, 3.05) is 0 Å². The molecular weight excluding hydrogens is 464 g/mol. The first-order valence-electron chi connectivity index (χ1n) is 13.0. The molecule has 0 aromatic heterocycles. The van der Waals surface area contributed by atoms with E-state index in [0.29, 0.717) is 18.8 Å². The molecule has 0 aliphatic carbocycles. The first kappa shape index (κ1) is 22.4. The van der Waals surface area contributed by atoms with Crippen molar-refractivity contribution in [3.8, 4) is 11.5 Å². The highest BCUT2D eigenvalue weighted by Gasteiger charge is 2.13. The van der Waals surface area contributed by atoms with Crippen molar-refractivity contribution in [1.82, 2.24) is 0 Å². The SMILES string of the molecule is Oc1cc(OCc2c3ccccc3cc3ccccc23)ccc1Cc1c2ccccc2cc2ccccc12. The molecule has 2 heteroatoms. The van der Waals surface area contributed by atoms with Crippen molar-refractivity contribution in [2.45, 2.75) is 13.0 Å². The molecule has 0 radical (unpaired) electrons. The summed E-state index contributed by atoms with van der Waals surface area (Å²) in [6.07, 6.45) is 0.641. The highest BCUT2D eigenvalue weighted by atomic mass is 16.5. The van der Waals surface area contributed by atoms with Gasteiger partial charge in [0, 0.05) is 18.1 Å². The Labute approximate surface area is 221 Å². The van der Waals surface area contributed by atoms with E-state index in [1.54, 1.807) is 6.07 Å². The number of rotatable bonds is 5. The Morgan fingerprint density at radius 1 is 0.474 bits per heavy atom. The molecule has 0 spiro atoms. The fourth-order valence-electron chi connectivity index (χ4n) is 5.69. The van der Waals surface area contributed by atoms with Crippen LogP contribution in [-0.4, -0.2) is 5.11 Å². The number of phenols is 1. The summed E-state index contributed by atoms with van der Waals surface area (Å²) < 4.78 is 6.27. The zero-order chi connectivity index (χ0) is 25.5. The average Bonchev–Trinajstić information content (AvgIpc) is 2.96. The molecule has 0 amide bonds. The van der Waals surface area contributed by atoms with E-state index in [-0.39, 0.29) is 5.75 Å². The first-order valence-corrected chi connectivity index (χ1v) is 13.0.